The van der Waals surface area contributed by atoms with E-state index in [0.29, 0.717) is 22.8 Å². The van der Waals surface area contributed by atoms with Gasteiger partial charge in [-0.2, -0.15) is 0 Å². The molecular weight excluding hydrogens is 350 g/mol. The number of carbonyl (C=O) groups excluding carboxylic acids is 2. The molecule has 0 fully saturated rings. The van der Waals surface area contributed by atoms with Gasteiger partial charge >= 0.3 is 0 Å². The van der Waals surface area contributed by atoms with Gasteiger partial charge in [-0.05, 0) is 36.8 Å². The molecule has 1 N–H and O–H groups in total. The number of aryl methyl sites for hydroxylation is 1. The summed E-state index contributed by atoms with van der Waals surface area (Å²) in [6.45, 7) is 1.71. The van der Waals surface area contributed by atoms with E-state index >= 15 is 0 Å². The average Bonchev–Trinajstić information content (AvgIpc) is 2.66. The van der Waals surface area contributed by atoms with Crippen LogP contribution in [-0.4, -0.2) is 32.7 Å². The standard InChI is InChI=1S/C20H23NO6/c1-13-4-7-15(8-5-13)27-12-19(22)21-16(11-20(23)24)14-6-9-17(25-2)18(10-14)26-3/h4-10,16H,11-12H2,1-3H3,(H,21,22)(H,23,24)/p-1/t16-/m1/s1. The molecule has 0 saturated heterocycles. The summed E-state index contributed by atoms with van der Waals surface area (Å²) in [5.74, 6) is -0.240. The Morgan fingerprint density at radius 2 is 1.70 bits per heavy atom. The minimum Gasteiger partial charge on any atom is -0.550 e. The predicted molar refractivity (Wildman–Crippen MR) is 96.7 cm³/mol. The Balaban J connectivity index is 2.08. The molecule has 0 aliphatic carbocycles. The third kappa shape index (κ3) is 5.91. The van der Waals surface area contributed by atoms with Gasteiger partial charge in [-0.15, -0.1) is 0 Å². The van der Waals surface area contributed by atoms with Crippen molar-refractivity contribution in [2.75, 3.05) is 20.8 Å². The summed E-state index contributed by atoms with van der Waals surface area (Å²) in [5.41, 5.74) is 1.63. The third-order valence-corrected chi connectivity index (χ3v) is 3.91. The van der Waals surface area contributed by atoms with Gasteiger partial charge in [0, 0.05) is 12.4 Å². The van der Waals surface area contributed by atoms with Crippen LogP contribution in [0.3, 0.4) is 0 Å². The Hall–Kier alpha value is -3.22. The number of hydrogen-bond acceptors (Lipinski definition) is 6. The summed E-state index contributed by atoms with van der Waals surface area (Å²) in [7, 11) is 2.98. The molecule has 7 nitrogen and oxygen atoms in total. The molecule has 0 aliphatic rings. The summed E-state index contributed by atoms with van der Waals surface area (Å²) >= 11 is 0. The number of methoxy groups -OCH3 is 2. The van der Waals surface area contributed by atoms with E-state index in [1.807, 2.05) is 19.1 Å². The molecule has 0 aromatic heterocycles. The second kappa shape index (κ2) is 9.47. The summed E-state index contributed by atoms with van der Waals surface area (Å²) in [4.78, 5) is 23.3. The van der Waals surface area contributed by atoms with Crippen LogP contribution in [0.5, 0.6) is 17.2 Å². The molecule has 0 saturated carbocycles. The molecule has 2 rings (SSSR count). The lowest BCUT2D eigenvalue weighted by Gasteiger charge is -2.21. The quantitative estimate of drug-likeness (QED) is 0.714. The topological polar surface area (TPSA) is 96.9 Å². The van der Waals surface area contributed by atoms with Crippen LogP contribution >= 0.6 is 0 Å². The van der Waals surface area contributed by atoms with Gasteiger partial charge in [-0.25, -0.2) is 0 Å². The second-order valence-electron chi connectivity index (χ2n) is 5.91. The monoisotopic (exact) mass is 372 g/mol. The van der Waals surface area contributed by atoms with Gasteiger partial charge in [-0.3, -0.25) is 4.79 Å². The highest BCUT2D eigenvalue weighted by Gasteiger charge is 2.18. The number of hydrogen-bond donors (Lipinski definition) is 1. The molecule has 1 amide bonds. The highest BCUT2D eigenvalue weighted by Crippen LogP contribution is 2.30. The first kappa shape index (κ1) is 20.1. The van der Waals surface area contributed by atoms with Gasteiger partial charge in [0.05, 0.1) is 20.3 Å². The zero-order chi connectivity index (χ0) is 19.8. The maximum Gasteiger partial charge on any atom is 0.258 e. The molecule has 2 aromatic rings. The van der Waals surface area contributed by atoms with Crippen molar-refractivity contribution in [2.24, 2.45) is 0 Å². The summed E-state index contributed by atoms with van der Waals surface area (Å²) in [6, 6.07) is 11.4. The maximum absolute atomic E-state index is 12.2. The first-order chi connectivity index (χ1) is 12.9. The van der Waals surface area contributed by atoms with Gasteiger partial charge in [-0.1, -0.05) is 23.8 Å². The minimum absolute atomic E-state index is 0.236. The lowest BCUT2D eigenvalue weighted by molar-refractivity contribution is -0.306. The molecule has 0 spiro atoms. The van der Waals surface area contributed by atoms with Crippen LogP contribution < -0.4 is 24.6 Å². The normalized spacial score (nSPS) is 11.4. The van der Waals surface area contributed by atoms with E-state index in [9.17, 15) is 14.7 Å². The fourth-order valence-electron chi connectivity index (χ4n) is 2.51. The van der Waals surface area contributed by atoms with Crippen LogP contribution in [-0.2, 0) is 9.59 Å². The van der Waals surface area contributed by atoms with Gasteiger partial charge < -0.3 is 29.4 Å². The lowest BCUT2D eigenvalue weighted by Crippen LogP contribution is -2.36. The number of rotatable bonds is 9. The highest BCUT2D eigenvalue weighted by atomic mass is 16.5. The Bertz CT molecular complexity index is 788. The van der Waals surface area contributed by atoms with Crippen LogP contribution in [0, 0.1) is 6.92 Å². The van der Waals surface area contributed by atoms with Crippen molar-refractivity contribution in [3.8, 4) is 17.2 Å². The zero-order valence-corrected chi connectivity index (χ0v) is 15.5. The molecule has 1 atom stereocenters. The molecule has 144 valence electrons. The van der Waals surface area contributed by atoms with Crippen molar-refractivity contribution in [3.05, 3.63) is 53.6 Å². The molecule has 0 bridgehead atoms. The largest absolute Gasteiger partial charge is 0.550 e. The first-order valence-electron chi connectivity index (χ1n) is 8.33. The van der Waals surface area contributed by atoms with Crippen LogP contribution in [0.15, 0.2) is 42.5 Å². The highest BCUT2D eigenvalue weighted by molar-refractivity contribution is 5.79. The number of nitrogens with one attached hydrogen (secondary N) is 1. The van der Waals surface area contributed by atoms with Gasteiger partial charge in [0.1, 0.15) is 5.75 Å². The Morgan fingerprint density at radius 1 is 1.04 bits per heavy atom. The molecule has 7 heteroatoms. The van der Waals surface area contributed by atoms with Crippen LogP contribution in [0.2, 0.25) is 0 Å². The predicted octanol–water partition coefficient (Wildman–Crippen LogP) is 1.39. The molecular formula is C20H22NO6-. The number of amides is 1. The van der Waals surface area contributed by atoms with E-state index in [-0.39, 0.29) is 13.0 Å². The van der Waals surface area contributed by atoms with Gasteiger partial charge in [0.25, 0.3) is 5.91 Å². The fraction of sp³-hybridized carbons (Fsp3) is 0.300. The minimum atomic E-state index is -1.28. The lowest BCUT2D eigenvalue weighted by atomic mass is 10.0. The van der Waals surface area contributed by atoms with E-state index in [1.54, 1.807) is 30.3 Å². The molecule has 0 unspecified atom stereocenters. The van der Waals surface area contributed by atoms with Crippen molar-refractivity contribution in [1.82, 2.24) is 5.32 Å². The van der Waals surface area contributed by atoms with Crippen molar-refractivity contribution >= 4 is 11.9 Å². The number of carboxylic acids is 1. The van der Waals surface area contributed by atoms with Crippen molar-refractivity contribution < 1.29 is 28.9 Å². The molecule has 0 heterocycles. The number of carbonyl (C=O) groups is 2. The maximum atomic E-state index is 12.2. The number of carboxylic acid groups (broad SMARTS) is 1. The zero-order valence-electron chi connectivity index (χ0n) is 15.5. The molecule has 27 heavy (non-hydrogen) atoms. The van der Waals surface area contributed by atoms with Crippen molar-refractivity contribution in [2.45, 2.75) is 19.4 Å². The van der Waals surface area contributed by atoms with E-state index in [4.69, 9.17) is 14.2 Å². The Labute approximate surface area is 157 Å². The fourth-order valence-corrected chi connectivity index (χ4v) is 2.51. The van der Waals surface area contributed by atoms with Crippen molar-refractivity contribution in [3.63, 3.8) is 0 Å². The van der Waals surface area contributed by atoms with Gasteiger partial charge in [0.15, 0.2) is 18.1 Å². The summed E-state index contributed by atoms with van der Waals surface area (Å²) < 4.78 is 15.8. The van der Waals surface area contributed by atoms with Crippen LogP contribution in [0.1, 0.15) is 23.6 Å². The van der Waals surface area contributed by atoms with E-state index in [2.05, 4.69) is 5.32 Å². The molecule has 2 aromatic carbocycles. The van der Waals surface area contributed by atoms with E-state index in [1.165, 1.54) is 14.2 Å². The van der Waals surface area contributed by atoms with E-state index in [0.717, 1.165) is 5.56 Å². The SMILES string of the molecule is COc1ccc([C@@H](CC(=O)[O-])NC(=O)COc2ccc(C)cc2)cc1OC. The molecule has 0 radical (unpaired) electrons. The van der Waals surface area contributed by atoms with E-state index < -0.39 is 17.9 Å². The van der Waals surface area contributed by atoms with Crippen molar-refractivity contribution in [1.29, 1.82) is 0 Å². The van der Waals surface area contributed by atoms with Crippen LogP contribution in [0.4, 0.5) is 0 Å². The number of ether oxygens (including phenoxy) is 3. The van der Waals surface area contributed by atoms with Gasteiger partial charge in [0.2, 0.25) is 0 Å². The Kier molecular flexibility index (Phi) is 7.05. The average molecular weight is 372 g/mol. The second-order valence-corrected chi connectivity index (χ2v) is 5.91. The third-order valence-electron chi connectivity index (χ3n) is 3.91. The number of aliphatic carboxylic acids is 1. The number of benzene rings is 2. The first-order valence-corrected chi connectivity index (χ1v) is 8.33. The Morgan fingerprint density at radius 3 is 2.30 bits per heavy atom. The molecule has 0 aliphatic heterocycles. The smallest absolute Gasteiger partial charge is 0.258 e. The summed E-state index contributed by atoms with van der Waals surface area (Å²) in [5, 5.41) is 13.8. The summed E-state index contributed by atoms with van der Waals surface area (Å²) in [6.07, 6.45) is -0.383. The van der Waals surface area contributed by atoms with Crippen LogP contribution in [0.25, 0.3) is 0 Å².